The van der Waals surface area contributed by atoms with E-state index in [9.17, 15) is 19.7 Å². The van der Waals surface area contributed by atoms with E-state index in [-0.39, 0.29) is 16.6 Å². The number of nitro benzene ring substituents is 1. The minimum atomic E-state index is -0.600. The van der Waals surface area contributed by atoms with Crippen molar-refractivity contribution >= 4 is 41.0 Å². The SMILES string of the molecule is Cc1cccc(C(=O)Nc2ccc(C(=O)N/N=C/c3ccc(Cl)c([N+](=O)[O-])c3)cc2)c1. The van der Waals surface area contributed by atoms with Gasteiger partial charge in [0.1, 0.15) is 5.02 Å². The molecule has 31 heavy (non-hydrogen) atoms. The number of amides is 2. The van der Waals surface area contributed by atoms with Crippen LogP contribution in [0.15, 0.2) is 71.8 Å². The monoisotopic (exact) mass is 436 g/mol. The number of hydrogen-bond donors (Lipinski definition) is 2. The van der Waals surface area contributed by atoms with Gasteiger partial charge in [0.25, 0.3) is 17.5 Å². The Morgan fingerprint density at radius 3 is 2.42 bits per heavy atom. The third kappa shape index (κ3) is 5.74. The second-order valence-corrected chi connectivity index (χ2v) is 6.98. The van der Waals surface area contributed by atoms with Crippen molar-refractivity contribution in [1.29, 1.82) is 0 Å². The molecule has 156 valence electrons. The molecule has 0 bridgehead atoms. The molecule has 9 heteroatoms. The van der Waals surface area contributed by atoms with Crippen LogP contribution in [0.3, 0.4) is 0 Å². The maximum atomic E-state index is 12.3. The van der Waals surface area contributed by atoms with Crippen molar-refractivity contribution in [3.8, 4) is 0 Å². The van der Waals surface area contributed by atoms with Crippen molar-refractivity contribution < 1.29 is 14.5 Å². The highest BCUT2D eigenvalue weighted by atomic mass is 35.5. The number of hydrazone groups is 1. The molecule has 3 rings (SSSR count). The van der Waals surface area contributed by atoms with Crippen molar-refractivity contribution in [3.63, 3.8) is 0 Å². The minimum absolute atomic E-state index is 0.0146. The molecule has 3 aromatic carbocycles. The number of nitro groups is 1. The molecule has 0 radical (unpaired) electrons. The molecule has 0 fully saturated rings. The Kier molecular flexibility index (Phi) is 6.74. The van der Waals surface area contributed by atoms with Crippen molar-refractivity contribution in [2.24, 2.45) is 5.10 Å². The van der Waals surface area contributed by atoms with E-state index < -0.39 is 10.8 Å². The van der Waals surface area contributed by atoms with Gasteiger partial charge in [0.15, 0.2) is 0 Å². The van der Waals surface area contributed by atoms with Crippen LogP contribution < -0.4 is 10.7 Å². The fraction of sp³-hybridized carbons (Fsp3) is 0.0455. The largest absolute Gasteiger partial charge is 0.322 e. The van der Waals surface area contributed by atoms with Gasteiger partial charge in [-0.3, -0.25) is 19.7 Å². The summed E-state index contributed by atoms with van der Waals surface area (Å²) in [6, 6.07) is 17.7. The summed E-state index contributed by atoms with van der Waals surface area (Å²) in [5, 5.41) is 17.5. The number of nitrogens with zero attached hydrogens (tertiary/aromatic N) is 2. The van der Waals surface area contributed by atoms with Crippen LogP contribution in [0.2, 0.25) is 5.02 Å². The van der Waals surface area contributed by atoms with E-state index in [0.717, 1.165) is 5.56 Å². The zero-order chi connectivity index (χ0) is 22.4. The number of carbonyl (C=O) groups excluding carboxylic acids is 2. The number of rotatable bonds is 6. The van der Waals surface area contributed by atoms with Gasteiger partial charge in [0.05, 0.1) is 11.1 Å². The summed E-state index contributed by atoms with van der Waals surface area (Å²) in [4.78, 5) is 34.8. The first-order chi connectivity index (χ1) is 14.8. The van der Waals surface area contributed by atoms with Crippen LogP contribution in [0.25, 0.3) is 0 Å². The van der Waals surface area contributed by atoms with Gasteiger partial charge >= 0.3 is 0 Å². The number of benzene rings is 3. The Balaban J connectivity index is 1.60. The highest BCUT2D eigenvalue weighted by Gasteiger charge is 2.12. The van der Waals surface area contributed by atoms with Crippen LogP contribution in [0.4, 0.5) is 11.4 Å². The van der Waals surface area contributed by atoms with Gasteiger partial charge in [0.2, 0.25) is 0 Å². The molecule has 0 saturated heterocycles. The predicted octanol–water partition coefficient (Wildman–Crippen LogP) is 4.57. The molecule has 0 unspecified atom stereocenters. The molecule has 2 amide bonds. The normalized spacial score (nSPS) is 10.6. The maximum Gasteiger partial charge on any atom is 0.288 e. The molecule has 0 spiro atoms. The number of aryl methyl sites for hydroxylation is 1. The Morgan fingerprint density at radius 2 is 1.74 bits per heavy atom. The van der Waals surface area contributed by atoms with E-state index in [0.29, 0.717) is 22.4 Å². The van der Waals surface area contributed by atoms with Gasteiger partial charge in [-0.2, -0.15) is 5.10 Å². The third-order valence-corrected chi connectivity index (χ3v) is 4.55. The fourth-order valence-corrected chi connectivity index (χ4v) is 2.86. The van der Waals surface area contributed by atoms with E-state index in [1.54, 1.807) is 42.5 Å². The smallest absolute Gasteiger partial charge is 0.288 e. The third-order valence-electron chi connectivity index (χ3n) is 4.23. The minimum Gasteiger partial charge on any atom is -0.322 e. The summed E-state index contributed by atoms with van der Waals surface area (Å²) in [6.07, 6.45) is 1.28. The Labute approximate surface area is 182 Å². The summed E-state index contributed by atoms with van der Waals surface area (Å²) in [6.45, 7) is 1.90. The van der Waals surface area contributed by atoms with Gasteiger partial charge < -0.3 is 5.32 Å². The molecule has 0 saturated carbocycles. The van der Waals surface area contributed by atoms with Crippen LogP contribution in [-0.4, -0.2) is 23.0 Å². The van der Waals surface area contributed by atoms with E-state index in [1.165, 1.54) is 24.4 Å². The van der Waals surface area contributed by atoms with Crippen LogP contribution in [0.1, 0.15) is 31.8 Å². The first kappa shape index (κ1) is 21.7. The van der Waals surface area contributed by atoms with Crippen LogP contribution in [-0.2, 0) is 0 Å². The van der Waals surface area contributed by atoms with Gasteiger partial charge in [-0.15, -0.1) is 0 Å². The van der Waals surface area contributed by atoms with Crippen molar-refractivity contribution in [1.82, 2.24) is 5.43 Å². The topological polar surface area (TPSA) is 114 Å². The molecule has 0 heterocycles. The van der Waals surface area contributed by atoms with E-state index >= 15 is 0 Å². The second kappa shape index (κ2) is 9.64. The van der Waals surface area contributed by atoms with E-state index in [4.69, 9.17) is 11.6 Å². The lowest BCUT2D eigenvalue weighted by molar-refractivity contribution is -0.384. The maximum absolute atomic E-state index is 12.3. The highest BCUT2D eigenvalue weighted by molar-refractivity contribution is 6.32. The molecule has 0 aromatic heterocycles. The molecule has 0 aliphatic rings. The first-order valence-electron chi connectivity index (χ1n) is 9.09. The predicted molar refractivity (Wildman–Crippen MR) is 119 cm³/mol. The molecule has 8 nitrogen and oxygen atoms in total. The number of carbonyl (C=O) groups is 2. The second-order valence-electron chi connectivity index (χ2n) is 6.57. The van der Waals surface area contributed by atoms with Gasteiger partial charge in [-0.1, -0.05) is 35.4 Å². The summed E-state index contributed by atoms with van der Waals surface area (Å²) < 4.78 is 0. The fourth-order valence-electron chi connectivity index (χ4n) is 2.67. The quantitative estimate of drug-likeness (QED) is 0.334. The van der Waals surface area contributed by atoms with E-state index in [1.807, 2.05) is 13.0 Å². The lowest BCUT2D eigenvalue weighted by Gasteiger charge is -2.07. The van der Waals surface area contributed by atoms with Crippen LogP contribution in [0.5, 0.6) is 0 Å². The summed E-state index contributed by atoms with van der Waals surface area (Å²) >= 11 is 5.76. The average molecular weight is 437 g/mol. The Morgan fingerprint density at radius 1 is 1.00 bits per heavy atom. The van der Waals surface area contributed by atoms with Crippen LogP contribution in [0, 0.1) is 17.0 Å². The lowest BCUT2D eigenvalue weighted by atomic mass is 10.1. The number of nitrogens with one attached hydrogen (secondary N) is 2. The average Bonchev–Trinajstić information content (AvgIpc) is 2.75. The molecule has 0 atom stereocenters. The molecular weight excluding hydrogens is 420 g/mol. The number of anilines is 1. The lowest BCUT2D eigenvalue weighted by Crippen LogP contribution is -2.18. The summed E-state index contributed by atoms with van der Waals surface area (Å²) in [7, 11) is 0. The molecule has 2 N–H and O–H groups in total. The number of halogens is 1. The van der Waals surface area contributed by atoms with Crippen LogP contribution >= 0.6 is 11.6 Å². The Bertz CT molecular complexity index is 1180. The zero-order valence-electron chi connectivity index (χ0n) is 16.3. The molecule has 3 aromatic rings. The van der Waals surface area contributed by atoms with Gasteiger partial charge in [-0.05, 0) is 49.4 Å². The standard InChI is InChI=1S/C22H17ClN4O4/c1-14-3-2-4-17(11-14)21(28)25-18-8-6-16(7-9-18)22(29)26-24-13-15-5-10-19(23)20(12-15)27(30)31/h2-13H,1H3,(H,25,28)(H,26,29)/b24-13+. The van der Waals surface area contributed by atoms with Crippen molar-refractivity contribution in [2.45, 2.75) is 6.92 Å². The molecular formula is C22H17ClN4O4. The van der Waals surface area contributed by atoms with E-state index in [2.05, 4.69) is 15.8 Å². The Hall–Kier alpha value is -4.04. The first-order valence-corrected chi connectivity index (χ1v) is 9.47. The highest BCUT2D eigenvalue weighted by Crippen LogP contribution is 2.24. The van der Waals surface area contributed by atoms with Gasteiger partial charge in [0, 0.05) is 28.4 Å². The van der Waals surface area contributed by atoms with Crippen molar-refractivity contribution in [2.75, 3.05) is 5.32 Å². The molecule has 0 aliphatic heterocycles. The number of hydrogen-bond acceptors (Lipinski definition) is 5. The molecule has 0 aliphatic carbocycles. The summed E-state index contributed by atoms with van der Waals surface area (Å²) in [5.74, 6) is -0.723. The summed E-state index contributed by atoms with van der Waals surface area (Å²) in [5.41, 5.74) is 4.89. The van der Waals surface area contributed by atoms with Gasteiger partial charge in [-0.25, -0.2) is 5.43 Å². The zero-order valence-corrected chi connectivity index (χ0v) is 17.1. The van der Waals surface area contributed by atoms with Crippen molar-refractivity contribution in [3.05, 3.63) is 104 Å².